The Hall–Kier alpha value is -1.90. The van der Waals surface area contributed by atoms with Gasteiger partial charge in [0.2, 0.25) is 10.0 Å². The van der Waals surface area contributed by atoms with E-state index in [2.05, 4.69) is 10.00 Å². The van der Waals surface area contributed by atoms with E-state index < -0.39 is 10.0 Å². The van der Waals surface area contributed by atoms with Gasteiger partial charge in [0.15, 0.2) is 0 Å². The van der Waals surface area contributed by atoms with Crippen molar-refractivity contribution in [2.24, 2.45) is 5.92 Å². The van der Waals surface area contributed by atoms with Crippen molar-refractivity contribution in [3.05, 3.63) is 41.7 Å². The van der Waals surface area contributed by atoms with Gasteiger partial charge in [0.25, 0.3) is 0 Å². The Balaban J connectivity index is 2.00. The van der Waals surface area contributed by atoms with E-state index in [4.69, 9.17) is 4.74 Å². The Morgan fingerprint density at radius 2 is 2.04 bits per heavy atom. The average molecular weight is 378 g/mol. The summed E-state index contributed by atoms with van der Waals surface area (Å²) in [5, 5.41) is 4.36. The lowest BCUT2D eigenvalue weighted by atomic mass is 10.1. The first-order chi connectivity index (χ1) is 12.3. The Kier molecular flexibility index (Phi) is 5.36. The molecular weight excluding hydrogens is 352 g/mol. The molecule has 8 heteroatoms. The van der Waals surface area contributed by atoms with Gasteiger partial charge in [-0.15, -0.1) is 0 Å². The fourth-order valence-corrected chi connectivity index (χ4v) is 5.06. The van der Waals surface area contributed by atoms with Crippen LogP contribution in [0.2, 0.25) is 0 Å². The lowest BCUT2D eigenvalue weighted by Crippen LogP contribution is -2.37. The molecule has 2 aromatic rings. The number of benzene rings is 1. The maximum Gasteiger partial charge on any atom is 0.247 e. The minimum atomic E-state index is -3.69. The molecule has 1 aliphatic rings. The molecule has 0 bridgehead atoms. The van der Waals surface area contributed by atoms with E-state index in [1.807, 2.05) is 31.8 Å². The molecule has 3 rings (SSSR count). The minimum absolute atomic E-state index is 0.150. The molecule has 0 amide bonds. The highest BCUT2D eigenvalue weighted by molar-refractivity contribution is 7.89. The number of aromatic nitrogens is 2. The van der Waals surface area contributed by atoms with E-state index in [0.29, 0.717) is 25.4 Å². The van der Waals surface area contributed by atoms with Crippen LogP contribution in [0.4, 0.5) is 0 Å². The van der Waals surface area contributed by atoms with Crippen molar-refractivity contribution in [2.45, 2.75) is 24.9 Å². The molecule has 0 N–H and O–H groups in total. The summed E-state index contributed by atoms with van der Waals surface area (Å²) in [6, 6.07) is 7.07. The van der Waals surface area contributed by atoms with Gasteiger partial charge >= 0.3 is 0 Å². The van der Waals surface area contributed by atoms with E-state index in [1.165, 1.54) is 7.11 Å². The molecule has 1 aliphatic heterocycles. The zero-order valence-corrected chi connectivity index (χ0v) is 16.5. The molecule has 2 heterocycles. The van der Waals surface area contributed by atoms with Gasteiger partial charge in [-0.2, -0.15) is 9.40 Å². The van der Waals surface area contributed by atoms with Gasteiger partial charge in [-0.1, -0.05) is 6.07 Å². The molecule has 1 aromatic heterocycles. The van der Waals surface area contributed by atoms with E-state index in [-0.39, 0.29) is 10.8 Å². The first kappa shape index (κ1) is 18.9. The Morgan fingerprint density at radius 1 is 1.27 bits per heavy atom. The SMILES string of the molecule is COc1cc(C)ccc1S(=O)(=O)N1Cc2ccnn2C[C@H](CN(C)C)C1. The summed E-state index contributed by atoms with van der Waals surface area (Å²) in [6.07, 6.45) is 1.73. The van der Waals surface area contributed by atoms with Crippen LogP contribution < -0.4 is 4.74 Å². The molecule has 1 atom stereocenters. The molecule has 0 spiro atoms. The van der Waals surface area contributed by atoms with E-state index in [9.17, 15) is 8.42 Å². The van der Waals surface area contributed by atoms with Crippen molar-refractivity contribution in [1.82, 2.24) is 19.0 Å². The molecule has 142 valence electrons. The summed E-state index contributed by atoms with van der Waals surface area (Å²) in [5.41, 5.74) is 1.86. The second kappa shape index (κ2) is 7.38. The Bertz CT molecular complexity index is 876. The summed E-state index contributed by atoms with van der Waals surface area (Å²) in [5.74, 6) is 0.532. The quantitative estimate of drug-likeness (QED) is 0.790. The minimum Gasteiger partial charge on any atom is -0.495 e. The lowest BCUT2D eigenvalue weighted by Gasteiger charge is -2.26. The van der Waals surface area contributed by atoms with Crippen molar-refractivity contribution in [1.29, 1.82) is 0 Å². The van der Waals surface area contributed by atoms with Crippen molar-refractivity contribution < 1.29 is 13.2 Å². The third-order valence-corrected chi connectivity index (χ3v) is 6.45. The van der Waals surface area contributed by atoms with Crippen molar-refractivity contribution in [2.75, 3.05) is 34.3 Å². The van der Waals surface area contributed by atoms with Crippen LogP contribution in [0, 0.1) is 12.8 Å². The highest BCUT2D eigenvalue weighted by atomic mass is 32.2. The second-order valence-corrected chi connectivity index (χ2v) is 8.99. The fraction of sp³-hybridized carbons (Fsp3) is 0.500. The summed E-state index contributed by atoms with van der Waals surface area (Å²) < 4.78 is 35.6. The molecule has 0 unspecified atom stereocenters. The van der Waals surface area contributed by atoms with Crippen LogP contribution in [0.5, 0.6) is 5.75 Å². The van der Waals surface area contributed by atoms with E-state index >= 15 is 0 Å². The van der Waals surface area contributed by atoms with Crippen LogP contribution >= 0.6 is 0 Å². The predicted molar refractivity (Wildman–Crippen MR) is 99.6 cm³/mol. The molecule has 0 radical (unpaired) electrons. The van der Waals surface area contributed by atoms with Crippen LogP contribution in [0.1, 0.15) is 11.3 Å². The zero-order valence-electron chi connectivity index (χ0n) is 15.7. The first-order valence-corrected chi connectivity index (χ1v) is 10.1. The number of methoxy groups -OCH3 is 1. The van der Waals surface area contributed by atoms with Crippen molar-refractivity contribution >= 4 is 10.0 Å². The van der Waals surface area contributed by atoms with Crippen LogP contribution in [0.15, 0.2) is 35.4 Å². The fourth-order valence-electron chi connectivity index (χ4n) is 3.44. The molecule has 0 saturated heterocycles. The molecule has 26 heavy (non-hydrogen) atoms. The van der Waals surface area contributed by atoms with Gasteiger partial charge in [0.05, 0.1) is 19.3 Å². The summed E-state index contributed by atoms with van der Waals surface area (Å²) in [4.78, 5) is 2.29. The number of aryl methyl sites for hydroxylation is 1. The highest BCUT2D eigenvalue weighted by Crippen LogP contribution is 2.30. The summed E-state index contributed by atoms with van der Waals surface area (Å²) in [7, 11) is 1.81. The monoisotopic (exact) mass is 378 g/mol. The molecule has 0 aliphatic carbocycles. The van der Waals surface area contributed by atoms with Crippen molar-refractivity contribution in [3.8, 4) is 5.75 Å². The molecular formula is C18H26N4O3S. The average Bonchev–Trinajstić information content (AvgIpc) is 2.92. The number of fused-ring (bicyclic) bond motifs is 1. The first-order valence-electron chi connectivity index (χ1n) is 8.61. The number of hydrogen-bond donors (Lipinski definition) is 0. The summed E-state index contributed by atoms with van der Waals surface area (Å²) >= 11 is 0. The van der Waals surface area contributed by atoms with Gasteiger partial charge in [-0.25, -0.2) is 8.42 Å². The number of rotatable bonds is 5. The largest absolute Gasteiger partial charge is 0.495 e. The number of nitrogens with zero attached hydrogens (tertiary/aromatic N) is 4. The third-order valence-electron chi connectivity index (χ3n) is 4.60. The van der Waals surface area contributed by atoms with E-state index in [1.54, 1.807) is 28.7 Å². The molecule has 1 aromatic carbocycles. The standard InChI is InChI=1S/C18H26N4O3S/c1-14-5-6-18(17(9-14)25-4)26(23,24)21-11-15(10-20(2)3)12-22-16(13-21)7-8-19-22/h5-9,15H,10-13H2,1-4H3/t15-/m1/s1. The van der Waals surface area contributed by atoms with Gasteiger partial charge in [0, 0.05) is 31.7 Å². The molecule has 0 saturated carbocycles. The van der Waals surface area contributed by atoms with Crippen LogP contribution in [0.25, 0.3) is 0 Å². The van der Waals surface area contributed by atoms with Crippen LogP contribution in [-0.4, -0.2) is 61.7 Å². The smallest absolute Gasteiger partial charge is 0.247 e. The predicted octanol–water partition coefficient (Wildman–Crippen LogP) is 1.58. The molecule has 0 fully saturated rings. The number of sulfonamides is 1. The lowest BCUT2D eigenvalue weighted by molar-refractivity contribution is 0.260. The second-order valence-electron chi connectivity index (χ2n) is 7.08. The summed E-state index contributed by atoms with van der Waals surface area (Å²) in [6.45, 7) is 4.16. The topological polar surface area (TPSA) is 67.7 Å². The van der Waals surface area contributed by atoms with Crippen molar-refractivity contribution in [3.63, 3.8) is 0 Å². The van der Waals surface area contributed by atoms with Gasteiger partial charge in [0.1, 0.15) is 10.6 Å². The molecule has 7 nitrogen and oxygen atoms in total. The Morgan fingerprint density at radius 3 is 2.73 bits per heavy atom. The van der Waals surface area contributed by atoms with E-state index in [0.717, 1.165) is 17.8 Å². The van der Waals surface area contributed by atoms with Crippen LogP contribution in [-0.2, 0) is 23.1 Å². The van der Waals surface area contributed by atoms with Gasteiger partial charge in [-0.05, 0) is 44.8 Å². The van der Waals surface area contributed by atoms with Crippen LogP contribution in [0.3, 0.4) is 0 Å². The maximum atomic E-state index is 13.4. The third kappa shape index (κ3) is 3.77. The highest BCUT2D eigenvalue weighted by Gasteiger charge is 2.33. The maximum absolute atomic E-state index is 13.4. The van der Waals surface area contributed by atoms with Gasteiger partial charge in [-0.3, -0.25) is 4.68 Å². The number of hydrogen-bond acceptors (Lipinski definition) is 5. The van der Waals surface area contributed by atoms with Gasteiger partial charge < -0.3 is 9.64 Å². The Labute approximate surface area is 155 Å². The normalized spacial score (nSPS) is 18.6. The zero-order chi connectivity index (χ0) is 18.9. The number of ether oxygens (including phenoxy) is 1.